The third kappa shape index (κ3) is 3.87. The van der Waals surface area contributed by atoms with Crippen molar-refractivity contribution in [3.05, 3.63) is 24.4 Å². The van der Waals surface area contributed by atoms with Crippen molar-refractivity contribution in [3.8, 4) is 0 Å². The monoisotopic (exact) mass is 290 g/mol. The lowest BCUT2D eigenvalue weighted by molar-refractivity contribution is 0.149. The Kier molecular flexibility index (Phi) is 4.59. The van der Waals surface area contributed by atoms with E-state index in [1.165, 1.54) is 12.8 Å². The molecule has 0 unspecified atom stereocenters. The molecule has 21 heavy (non-hydrogen) atoms. The Labute approximate surface area is 124 Å². The van der Waals surface area contributed by atoms with Gasteiger partial charge in [-0.1, -0.05) is 12.1 Å². The highest BCUT2D eigenvalue weighted by molar-refractivity contribution is 4.87. The third-order valence-electron chi connectivity index (χ3n) is 3.85. The molecule has 0 saturated carbocycles. The van der Waals surface area contributed by atoms with Crippen molar-refractivity contribution in [2.24, 2.45) is 5.92 Å². The molecule has 0 bridgehead atoms. The molecule has 0 N–H and O–H groups in total. The van der Waals surface area contributed by atoms with Gasteiger partial charge in [0, 0.05) is 19.5 Å². The molecule has 1 aliphatic rings. The van der Waals surface area contributed by atoms with Gasteiger partial charge in [-0.3, -0.25) is 9.58 Å². The number of aromatic nitrogens is 5. The maximum atomic E-state index is 5.25. The molecule has 2 aromatic rings. The van der Waals surface area contributed by atoms with Gasteiger partial charge in [0.05, 0.1) is 6.54 Å². The zero-order valence-corrected chi connectivity index (χ0v) is 12.5. The highest BCUT2D eigenvalue weighted by Crippen LogP contribution is 2.19. The van der Waals surface area contributed by atoms with Crippen LogP contribution >= 0.6 is 0 Å². The Balaban J connectivity index is 1.53. The van der Waals surface area contributed by atoms with Crippen molar-refractivity contribution < 1.29 is 4.52 Å². The van der Waals surface area contributed by atoms with Crippen LogP contribution < -0.4 is 0 Å². The van der Waals surface area contributed by atoms with Crippen LogP contribution in [-0.4, -0.2) is 42.9 Å². The molecule has 0 spiro atoms. The van der Waals surface area contributed by atoms with Crippen LogP contribution in [0.2, 0.25) is 0 Å². The number of nitrogens with zero attached hydrogens (tertiary/aromatic N) is 6. The van der Waals surface area contributed by atoms with Gasteiger partial charge in [0.2, 0.25) is 5.89 Å². The lowest BCUT2D eigenvalue weighted by Gasteiger charge is -2.31. The molecular formula is C14H22N6O. The first-order valence-corrected chi connectivity index (χ1v) is 7.69. The Bertz CT molecular complexity index is 537. The minimum atomic E-state index is 0.613. The summed E-state index contributed by atoms with van der Waals surface area (Å²) in [6.45, 7) is 5.98. The molecule has 0 radical (unpaired) electrons. The quantitative estimate of drug-likeness (QED) is 0.803. The first-order chi connectivity index (χ1) is 10.3. The Morgan fingerprint density at radius 1 is 1.43 bits per heavy atom. The van der Waals surface area contributed by atoms with Crippen molar-refractivity contribution >= 4 is 0 Å². The lowest BCUT2D eigenvalue weighted by atomic mass is 9.98. The van der Waals surface area contributed by atoms with Gasteiger partial charge in [-0.2, -0.15) is 10.1 Å². The molecule has 0 aromatic carbocycles. The van der Waals surface area contributed by atoms with E-state index in [9.17, 15) is 0 Å². The summed E-state index contributed by atoms with van der Waals surface area (Å²) in [5.41, 5.74) is 0. The lowest BCUT2D eigenvalue weighted by Crippen LogP contribution is -2.36. The van der Waals surface area contributed by atoms with Crippen LogP contribution in [0.25, 0.3) is 0 Å². The van der Waals surface area contributed by atoms with Gasteiger partial charge in [-0.25, -0.2) is 4.98 Å². The topological polar surface area (TPSA) is 72.9 Å². The Hall–Kier alpha value is -1.76. The number of hydrogen-bond donors (Lipinski definition) is 0. The van der Waals surface area contributed by atoms with E-state index in [0.29, 0.717) is 5.92 Å². The molecule has 0 aliphatic carbocycles. The number of likely N-dealkylation sites (tertiary alicyclic amines) is 1. The van der Waals surface area contributed by atoms with E-state index in [4.69, 9.17) is 4.52 Å². The summed E-state index contributed by atoms with van der Waals surface area (Å²) in [5, 5.41) is 8.26. The van der Waals surface area contributed by atoms with Crippen LogP contribution in [-0.2, 0) is 19.5 Å². The van der Waals surface area contributed by atoms with Gasteiger partial charge >= 0.3 is 0 Å². The van der Waals surface area contributed by atoms with Crippen LogP contribution in [0.15, 0.2) is 17.2 Å². The zero-order valence-electron chi connectivity index (χ0n) is 12.5. The standard InChI is InChI=1S/C14H22N6O/c1-2-4-14-17-13(18-21-14)9-19-6-3-5-12(7-19)8-20-11-15-10-16-20/h10-12H,2-9H2,1H3/t12-/m0/s1. The molecule has 3 heterocycles. The van der Waals surface area contributed by atoms with Gasteiger partial charge in [0.15, 0.2) is 5.82 Å². The van der Waals surface area contributed by atoms with Crippen LogP contribution in [0.3, 0.4) is 0 Å². The summed E-state index contributed by atoms with van der Waals surface area (Å²) in [5.74, 6) is 2.17. The molecule has 0 amide bonds. The van der Waals surface area contributed by atoms with Gasteiger partial charge in [-0.15, -0.1) is 0 Å². The molecule has 3 rings (SSSR count). The van der Waals surface area contributed by atoms with Crippen molar-refractivity contribution in [1.29, 1.82) is 0 Å². The smallest absolute Gasteiger partial charge is 0.226 e. The van der Waals surface area contributed by atoms with Crippen LogP contribution in [0.4, 0.5) is 0 Å². The van der Waals surface area contributed by atoms with E-state index in [1.54, 1.807) is 12.7 Å². The van der Waals surface area contributed by atoms with Gasteiger partial charge < -0.3 is 4.52 Å². The minimum Gasteiger partial charge on any atom is -0.339 e. The van der Waals surface area contributed by atoms with E-state index in [-0.39, 0.29) is 0 Å². The van der Waals surface area contributed by atoms with E-state index in [0.717, 1.165) is 50.7 Å². The second-order valence-corrected chi connectivity index (χ2v) is 5.72. The maximum Gasteiger partial charge on any atom is 0.226 e. The molecule has 1 atom stereocenters. The van der Waals surface area contributed by atoms with E-state index in [2.05, 4.69) is 32.0 Å². The molecule has 1 saturated heterocycles. The van der Waals surface area contributed by atoms with Crippen molar-refractivity contribution in [2.45, 2.75) is 45.7 Å². The number of hydrogen-bond acceptors (Lipinski definition) is 6. The van der Waals surface area contributed by atoms with Crippen molar-refractivity contribution in [3.63, 3.8) is 0 Å². The summed E-state index contributed by atoms with van der Waals surface area (Å²) in [6, 6.07) is 0. The van der Waals surface area contributed by atoms with Crippen molar-refractivity contribution in [2.75, 3.05) is 13.1 Å². The SMILES string of the molecule is CCCc1nc(CN2CCC[C@H](Cn3cncn3)C2)no1. The highest BCUT2D eigenvalue weighted by Gasteiger charge is 2.22. The van der Waals surface area contributed by atoms with Crippen LogP contribution in [0.5, 0.6) is 0 Å². The molecule has 2 aromatic heterocycles. The number of piperidine rings is 1. The normalized spacial score (nSPS) is 20.0. The van der Waals surface area contributed by atoms with E-state index in [1.807, 2.05) is 4.68 Å². The first kappa shape index (κ1) is 14.2. The maximum absolute atomic E-state index is 5.25. The molecule has 114 valence electrons. The predicted molar refractivity (Wildman–Crippen MR) is 76.3 cm³/mol. The van der Waals surface area contributed by atoms with Gasteiger partial charge in [0.1, 0.15) is 12.7 Å². The summed E-state index contributed by atoms with van der Waals surface area (Å²) in [6.07, 6.45) is 7.72. The second kappa shape index (κ2) is 6.80. The summed E-state index contributed by atoms with van der Waals surface area (Å²) in [4.78, 5) is 10.9. The van der Waals surface area contributed by atoms with E-state index >= 15 is 0 Å². The number of rotatable bonds is 6. The van der Waals surface area contributed by atoms with Gasteiger partial charge in [0.25, 0.3) is 0 Å². The molecule has 1 fully saturated rings. The van der Waals surface area contributed by atoms with E-state index < -0.39 is 0 Å². The minimum absolute atomic E-state index is 0.613. The fourth-order valence-electron chi connectivity index (χ4n) is 2.91. The predicted octanol–water partition coefficient (Wildman–Crippen LogP) is 1.53. The molecular weight excluding hydrogens is 268 g/mol. The zero-order chi connectivity index (χ0) is 14.5. The molecule has 1 aliphatic heterocycles. The average molecular weight is 290 g/mol. The Morgan fingerprint density at radius 3 is 3.19 bits per heavy atom. The summed E-state index contributed by atoms with van der Waals surface area (Å²) in [7, 11) is 0. The average Bonchev–Trinajstić information content (AvgIpc) is 3.12. The van der Waals surface area contributed by atoms with Crippen LogP contribution in [0, 0.1) is 5.92 Å². The van der Waals surface area contributed by atoms with Crippen LogP contribution in [0.1, 0.15) is 37.9 Å². The highest BCUT2D eigenvalue weighted by atomic mass is 16.5. The molecule has 7 heteroatoms. The fraction of sp³-hybridized carbons (Fsp3) is 0.714. The fourth-order valence-corrected chi connectivity index (χ4v) is 2.91. The second-order valence-electron chi connectivity index (χ2n) is 5.72. The largest absolute Gasteiger partial charge is 0.339 e. The third-order valence-corrected chi connectivity index (χ3v) is 3.85. The first-order valence-electron chi connectivity index (χ1n) is 7.69. The van der Waals surface area contributed by atoms with Crippen molar-refractivity contribution in [1.82, 2.24) is 29.8 Å². The Morgan fingerprint density at radius 2 is 2.38 bits per heavy atom. The summed E-state index contributed by atoms with van der Waals surface area (Å²) < 4.78 is 7.17. The molecule has 7 nitrogen and oxygen atoms in total. The summed E-state index contributed by atoms with van der Waals surface area (Å²) >= 11 is 0. The van der Waals surface area contributed by atoms with Gasteiger partial charge in [-0.05, 0) is 31.7 Å². The number of aryl methyl sites for hydroxylation is 1.